The minimum Gasteiger partial charge on any atom is -0.350 e. The maximum Gasteiger partial charge on any atom is 0.261 e. The Kier molecular flexibility index (Phi) is 7.28. The van der Waals surface area contributed by atoms with Gasteiger partial charge >= 0.3 is 0 Å². The molecule has 0 radical (unpaired) electrons. The van der Waals surface area contributed by atoms with Crippen molar-refractivity contribution in [2.75, 3.05) is 18.0 Å². The Morgan fingerprint density at radius 2 is 1.69 bits per heavy atom. The van der Waals surface area contributed by atoms with Crippen LogP contribution in [-0.2, 0) is 9.59 Å². The van der Waals surface area contributed by atoms with Crippen molar-refractivity contribution in [3.63, 3.8) is 0 Å². The highest BCUT2D eigenvalue weighted by Crippen LogP contribution is 2.16. The summed E-state index contributed by atoms with van der Waals surface area (Å²) >= 11 is 1.28. The Labute approximate surface area is 174 Å². The van der Waals surface area contributed by atoms with Crippen LogP contribution < -0.4 is 15.5 Å². The summed E-state index contributed by atoms with van der Waals surface area (Å²) in [5.41, 5.74) is 0.526. The maximum absolute atomic E-state index is 12.8. The van der Waals surface area contributed by atoms with Gasteiger partial charge in [-0.05, 0) is 63.4 Å². The molecule has 0 saturated carbocycles. The van der Waals surface area contributed by atoms with E-state index in [0.717, 1.165) is 0 Å². The van der Waals surface area contributed by atoms with E-state index in [9.17, 15) is 19.2 Å². The Bertz CT molecular complexity index is 884. The van der Waals surface area contributed by atoms with E-state index < -0.39 is 11.4 Å². The number of hydrogen-bond donors (Lipinski definition) is 2. The number of ketones is 1. The van der Waals surface area contributed by atoms with Crippen LogP contribution in [0.25, 0.3) is 0 Å². The zero-order chi connectivity index (χ0) is 21.6. The third kappa shape index (κ3) is 6.83. The van der Waals surface area contributed by atoms with Gasteiger partial charge in [-0.3, -0.25) is 19.2 Å². The van der Waals surface area contributed by atoms with Crippen LogP contribution in [0, 0.1) is 0 Å². The van der Waals surface area contributed by atoms with Crippen LogP contribution in [0.4, 0.5) is 5.69 Å². The molecule has 0 aliphatic heterocycles. The first kappa shape index (κ1) is 22.3. The maximum atomic E-state index is 12.8. The largest absolute Gasteiger partial charge is 0.350 e. The number of carbonyl (C=O) groups excluding carboxylic acids is 4. The van der Waals surface area contributed by atoms with Crippen LogP contribution in [0.15, 0.2) is 41.8 Å². The van der Waals surface area contributed by atoms with Crippen LogP contribution in [-0.4, -0.2) is 42.1 Å². The first-order valence-corrected chi connectivity index (χ1v) is 9.99. The number of rotatable bonds is 7. The second-order valence-corrected chi connectivity index (χ2v) is 8.49. The van der Waals surface area contributed by atoms with E-state index in [1.165, 1.54) is 23.2 Å². The third-order valence-corrected chi connectivity index (χ3v) is 4.72. The molecule has 0 spiro atoms. The summed E-state index contributed by atoms with van der Waals surface area (Å²) in [5, 5.41) is 7.17. The van der Waals surface area contributed by atoms with Gasteiger partial charge in [0.25, 0.3) is 5.91 Å². The molecule has 154 valence electrons. The number of Topliss-reactive ketones (excluding diaryl/α,β-unsaturated/α-hetero) is 1. The first-order chi connectivity index (χ1) is 13.6. The number of nitrogens with zero attached hydrogens (tertiary/aromatic N) is 1. The summed E-state index contributed by atoms with van der Waals surface area (Å²) in [4.78, 5) is 50.6. The van der Waals surface area contributed by atoms with Crippen molar-refractivity contribution in [1.82, 2.24) is 10.6 Å². The standard InChI is InChI=1S/C21H25N3O4S/c1-14(25)15-7-9-16(10-8-15)24(13-18(26)23-21(2,3)4)19(27)12-22-20(28)17-6-5-11-29-17/h5-11H,12-13H2,1-4H3,(H,22,28)(H,23,26). The van der Waals surface area contributed by atoms with E-state index in [1.54, 1.807) is 41.8 Å². The first-order valence-electron chi connectivity index (χ1n) is 9.11. The van der Waals surface area contributed by atoms with Crippen molar-refractivity contribution in [2.24, 2.45) is 0 Å². The molecule has 0 fully saturated rings. The molecule has 29 heavy (non-hydrogen) atoms. The second kappa shape index (κ2) is 9.47. The zero-order valence-corrected chi connectivity index (χ0v) is 17.8. The van der Waals surface area contributed by atoms with Crippen molar-refractivity contribution in [1.29, 1.82) is 0 Å². The van der Waals surface area contributed by atoms with E-state index in [0.29, 0.717) is 16.1 Å². The van der Waals surface area contributed by atoms with Crippen LogP contribution >= 0.6 is 11.3 Å². The molecule has 2 aromatic rings. The number of nitrogens with one attached hydrogen (secondary N) is 2. The number of benzene rings is 1. The van der Waals surface area contributed by atoms with Gasteiger partial charge in [0, 0.05) is 16.8 Å². The highest BCUT2D eigenvalue weighted by atomic mass is 32.1. The van der Waals surface area contributed by atoms with Crippen molar-refractivity contribution in [3.8, 4) is 0 Å². The van der Waals surface area contributed by atoms with Gasteiger partial charge in [-0.1, -0.05) is 6.07 Å². The average molecular weight is 416 g/mol. The van der Waals surface area contributed by atoms with Gasteiger partial charge in [-0.25, -0.2) is 0 Å². The smallest absolute Gasteiger partial charge is 0.261 e. The van der Waals surface area contributed by atoms with Gasteiger partial charge in [0.2, 0.25) is 11.8 Å². The number of anilines is 1. The summed E-state index contributed by atoms with van der Waals surface area (Å²) in [6, 6.07) is 9.84. The molecule has 1 aromatic heterocycles. The average Bonchev–Trinajstić information content (AvgIpc) is 3.17. The van der Waals surface area contributed by atoms with Crippen LogP contribution in [0.1, 0.15) is 47.7 Å². The van der Waals surface area contributed by atoms with Crippen molar-refractivity contribution >= 4 is 40.5 Å². The Balaban J connectivity index is 2.16. The molecular weight excluding hydrogens is 390 g/mol. The SMILES string of the molecule is CC(=O)c1ccc(N(CC(=O)NC(C)(C)C)C(=O)CNC(=O)c2cccs2)cc1. The summed E-state index contributed by atoms with van der Waals surface area (Å²) in [7, 11) is 0. The lowest BCUT2D eigenvalue weighted by Crippen LogP contribution is -2.49. The van der Waals surface area contributed by atoms with E-state index in [1.807, 2.05) is 20.8 Å². The summed E-state index contributed by atoms with van der Waals surface area (Å²) in [6.45, 7) is 6.53. The molecule has 0 bridgehead atoms. The molecule has 2 N–H and O–H groups in total. The summed E-state index contributed by atoms with van der Waals surface area (Å²) in [6.07, 6.45) is 0. The molecule has 0 aliphatic carbocycles. The third-order valence-electron chi connectivity index (χ3n) is 3.85. The van der Waals surface area contributed by atoms with Gasteiger partial charge in [0.15, 0.2) is 5.78 Å². The molecule has 8 heteroatoms. The molecule has 3 amide bonds. The quantitative estimate of drug-likeness (QED) is 0.680. The molecule has 1 heterocycles. The fraction of sp³-hybridized carbons (Fsp3) is 0.333. The van der Waals surface area contributed by atoms with E-state index in [4.69, 9.17) is 0 Å². The Hall–Kier alpha value is -3.00. The van der Waals surface area contributed by atoms with Gasteiger partial charge < -0.3 is 15.5 Å². The lowest BCUT2D eigenvalue weighted by molar-refractivity contribution is -0.124. The Morgan fingerprint density at radius 1 is 1.03 bits per heavy atom. The normalized spacial score (nSPS) is 10.9. The Morgan fingerprint density at radius 3 is 2.21 bits per heavy atom. The fourth-order valence-electron chi connectivity index (χ4n) is 2.55. The number of carbonyl (C=O) groups is 4. The van der Waals surface area contributed by atoms with Gasteiger partial charge in [0.1, 0.15) is 6.54 Å². The van der Waals surface area contributed by atoms with Crippen molar-refractivity contribution in [2.45, 2.75) is 33.2 Å². The minimum atomic E-state index is -0.447. The molecular formula is C21H25N3O4S. The predicted molar refractivity (Wildman–Crippen MR) is 113 cm³/mol. The van der Waals surface area contributed by atoms with E-state index in [-0.39, 0.29) is 30.7 Å². The highest BCUT2D eigenvalue weighted by Gasteiger charge is 2.22. The molecule has 0 atom stereocenters. The molecule has 1 aromatic carbocycles. The van der Waals surface area contributed by atoms with Crippen LogP contribution in [0.2, 0.25) is 0 Å². The molecule has 0 unspecified atom stereocenters. The van der Waals surface area contributed by atoms with E-state index in [2.05, 4.69) is 10.6 Å². The number of hydrogen-bond acceptors (Lipinski definition) is 5. The molecule has 0 saturated heterocycles. The predicted octanol–water partition coefficient (Wildman–Crippen LogP) is 2.63. The number of thiophene rings is 1. The lowest BCUT2D eigenvalue weighted by atomic mass is 10.1. The minimum absolute atomic E-state index is 0.0943. The number of amides is 3. The van der Waals surface area contributed by atoms with Crippen molar-refractivity contribution in [3.05, 3.63) is 52.2 Å². The van der Waals surface area contributed by atoms with E-state index >= 15 is 0 Å². The molecule has 2 rings (SSSR count). The lowest BCUT2D eigenvalue weighted by Gasteiger charge is -2.26. The van der Waals surface area contributed by atoms with Gasteiger partial charge in [-0.2, -0.15) is 0 Å². The summed E-state index contributed by atoms with van der Waals surface area (Å²) in [5.74, 6) is -1.21. The molecule has 7 nitrogen and oxygen atoms in total. The zero-order valence-electron chi connectivity index (χ0n) is 16.9. The second-order valence-electron chi connectivity index (χ2n) is 7.54. The monoisotopic (exact) mass is 415 g/mol. The molecule has 0 aliphatic rings. The van der Waals surface area contributed by atoms with Gasteiger partial charge in [-0.15, -0.1) is 11.3 Å². The fourth-order valence-corrected chi connectivity index (χ4v) is 3.19. The topological polar surface area (TPSA) is 95.6 Å². The van der Waals surface area contributed by atoms with Crippen molar-refractivity contribution < 1.29 is 19.2 Å². The van der Waals surface area contributed by atoms with Crippen LogP contribution in [0.5, 0.6) is 0 Å². The highest BCUT2D eigenvalue weighted by molar-refractivity contribution is 7.12. The summed E-state index contributed by atoms with van der Waals surface area (Å²) < 4.78 is 0. The van der Waals surface area contributed by atoms with Gasteiger partial charge in [0.05, 0.1) is 11.4 Å². The van der Waals surface area contributed by atoms with Crippen LogP contribution in [0.3, 0.4) is 0 Å².